The predicted molar refractivity (Wildman–Crippen MR) is 91.5 cm³/mol. The van der Waals surface area contributed by atoms with Gasteiger partial charge in [0.15, 0.2) is 0 Å². The number of benzene rings is 1. The third-order valence-corrected chi connectivity index (χ3v) is 5.45. The van der Waals surface area contributed by atoms with Gasteiger partial charge in [-0.15, -0.1) is 11.3 Å². The van der Waals surface area contributed by atoms with Gasteiger partial charge in [0.2, 0.25) is 0 Å². The van der Waals surface area contributed by atoms with E-state index in [0.717, 1.165) is 16.6 Å². The van der Waals surface area contributed by atoms with Crippen LogP contribution in [0.25, 0.3) is 0 Å². The number of ether oxygens (including phenoxy) is 1. The van der Waals surface area contributed by atoms with E-state index in [2.05, 4.69) is 55.4 Å². The van der Waals surface area contributed by atoms with Gasteiger partial charge in [-0.25, -0.2) is 0 Å². The van der Waals surface area contributed by atoms with Crippen molar-refractivity contribution in [1.29, 1.82) is 0 Å². The zero-order valence-corrected chi connectivity index (χ0v) is 14.9. The molecule has 0 amide bonds. The molecule has 1 atom stereocenters. The maximum absolute atomic E-state index is 5.69. The summed E-state index contributed by atoms with van der Waals surface area (Å²) in [7, 11) is 1.67. The third-order valence-electron chi connectivity index (χ3n) is 2.87. The van der Waals surface area contributed by atoms with E-state index in [1.807, 2.05) is 18.2 Å². The number of nitrogens with one attached hydrogen (secondary N) is 1. The molecule has 1 unspecified atom stereocenters. The number of hydrogen-bond donors (Lipinski definition) is 2. The Bertz CT molecular complexity index is 561. The highest BCUT2D eigenvalue weighted by atomic mass is 127. The molecule has 0 aliphatic heterocycles. The first-order valence-corrected chi connectivity index (χ1v) is 8.41. The maximum atomic E-state index is 5.69. The van der Waals surface area contributed by atoms with Crippen LogP contribution in [-0.2, 0) is 6.42 Å². The molecule has 2 rings (SSSR count). The maximum Gasteiger partial charge on any atom is 0.119 e. The average molecular weight is 453 g/mol. The number of hydrazine groups is 1. The summed E-state index contributed by atoms with van der Waals surface area (Å²) >= 11 is 7.62. The molecule has 1 heterocycles. The quantitative estimate of drug-likeness (QED) is 0.411. The van der Waals surface area contributed by atoms with E-state index in [1.54, 1.807) is 18.4 Å². The van der Waals surface area contributed by atoms with Crippen LogP contribution in [0.4, 0.5) is 0 Å². The van der Waals surface area contributed by atoms with E-state index in [0.29, 0.717) is 0 Å². The van der Waals surface area contributed by atoms with E-state index in [9.17, 15) is 0 Å². The fourth-order valence-electron chi connectivity index (χ4n) is 1.83. The van der Waals surface area contributed by atoms with Crippen molar-refractivity contribution in [3.05, 3.63) is 48.1 Å². The van der Waals surface area contributed by atoms with Crippen molar-refractivity contribution in [2.75, 3.05) is 7.11 Å². The van der Waals surface area contributed by atoms with Gasteiger partial charge in [0.05, 0.1) is 16.0 Å². The smallest absolute Gasteiger partial charge is 0.119 e. The molecule has 6 heteroatoms. The molecule has 0 aliphatic carbocycles. The van der Waals surface area contributed by atoms with E-state index >= 15 is 0 Å². The van der Waals surface area contributed by atoms with E-state index < -0.39 is 0 Å². The molecule has 19 heavy (non-hydrogen) atoms. The Labute approximate surface area is 138 Å². The molecule has 3 N–H and O–H groups in total. The Kier molecular flexibility index (Phi) is 5.64. The summed E-state index contributed by atoms with van der Waals surface area (Å²) in [6.45, 7) is 0. The SMILES string of the molecule is COc1ccc(Br)c(CC(NN)c2csc(I)c2)c1. The van der Waals surface area contributed by atoms with Crippen molar-refractivity contribution in [1.82, 2.24) is 5.43 Å². The van der Waals surface area contributed by atoms with Crippen LogP contribution in [0.1, 0.15) is 17.2 Å². The van der Waals surface area contributed by atoms with Gasteiger partial charge < -0.3 is 4.74 Å². The highest BCUT2D eigenvalue weighted by Gasteiger charge is 2.14. The molecular weight excluding hydrogens is 439 g/mol. The lowest BCUT2D eigenvalue weighted by Crippen LogP contribution is -2.29. The second-order valence-electron chi connectivity index (χ2n) is 4.06. The van der Waals surface area contributed by atoms with Gasteiger partial charge in [0.1, 0.15) is 5.75 Å². The first kappa shape index (κ1) is 15.2. The fourth-order valence-corrected chi connectivity index (χ4v) is 3.67. The molecule has 0 saturated carbocycles. The number of thiophene rings is 1. The van der Waals surface area contributed by atoms with Crippen LogP contribution in [0, 0.1) is 2.88 Å². The Hall–Kier alpha value is -0.150. The van der Waals surface area contributed by atoms with E-state index in [1.165, 1.54) is 14.0 Å². The van der Waals surface area contributed by atoms with Gasteiger partial charge in [-0.3, -0.25) is 11.3 Å². The number of nitrogens with two attached hydrogens (primary N) is 1. The lowest BCUT2D eigenvalue weighted by molar-refractivity contribution is 0.413. The highest BCUT2D eigenvalue weighted by Crippen LogP contribution is 2.29. The molecule has 0 radical (unpaired) electrons. The summed E-state index contributed by atoms with van der Waals surface area (Å²) in [5.74, 6) is 6.54. The highest BCUT2D eigenvalue weighted by molar-refractivity contribution is 14.1. The molecule has 3 nitrogen and oxygen atoms in total. The predicted octanol–water partition coefficient (Wildman–Crippen LogP) is 3.87. The monoisotopic (exact) mass is 452 g/mol. The summed E-state index contributed by atoms with van der Waals surface area (Å²) in [6, 6.07) is 8.23. The Morgan fingerprint density at radius 1 is 1.47 bits per heavy atom. The fraction of sp³-hybridized carbons (Fsp3) is 0.231. The zero-order valence-electron chi connectivity index (χ0n) is 10.3. The summed E-state index contributed by atoms with van der Waals surface area (Å²) < 4.78 is 7.59. The van der Waals surface area contributed by atoms with Crippen molar-refractivity contribution in [2.45, 2.75) is 12.5 Å². The minimum Gasteiger partial charge on any atom is -0.497 e. The van der Waals surface area contributed by atoms with E-state index in [-0.39, 0.29) is 6.04 Å². The standard InChI is InChI=1S/C13H14BrIN2OS/c1-18-10-2-3-11(14)8(4-10)5-12(17-16)9-6-13(15)19-7-9/h2-4,6-7,12,17H,5,16H2,1H3. The van der Waals surface area contributed by atoms with Crippen LogP contribution in [0.5, 0.6) is 5.75 Å². The number of halogens is 2. The topological polar surface area (TPSA) is 47.3 Å². The first-order chi connectivity index (χ1) is 9.13. The van der Waals surface area contributed by atoms with Crippen molar-refractivity contribution in [3.8, 4) is 5.75 Å². The lowest BCUT2D eigenvalue weighted by Gasteiger charge is -2.16. The Morgan fingerprint density at radius 2 is 2.26 bits per heavy atom. The normalized spacial score (nSPS) is 12.4. The van der Waals surface area contributed by atoms with Gasteiger partial charge in [0, 0.05) is 4.47 Å². The molecular formula is C13H14BrIN2OS. The minimum absolute atomic E-state index is 0.100. The van der Waals surface area contributed by atoms with Crippen LogP contribution >= 0.6 is 49.9 Å². The average Bonchev–Trinajstić information content (AvgIpc) is 2.84. The summed E-state index contributed by atoms with van der Waals surface area (Å²) in [5.41, 5.74) is 5.27. The van der Waals surface area contributed by atoms with Crippen LogP contribution in [0.2, 0.25) is 0 Å². The van der Waals surface area contributed by atoms with Crippen molar-refractivity contribution in [3.63, 3.8) is 0 Å². The molecule has 1 aromatic heterocycles. The number of methoxy groups -OCH3 is 1. The number of rotatable bonds is 5. The zero-order chi connectivity index (χ0) is 13.8. The van der Waals surface area contributed by atoms with Gasteiger partial charge in [-0.2, -0.15) is 0 Å². The molecule has 102 valence electrons. The molecule has 2 aromatic rings. The van der Waals surface area contributed by atoms with Crippen LogP contribution in [0.3, 0.4) is 0 Å². The van der Waals surface area contributed by atoms with Gasteiger partial charge in [-0.1, -0.05) is 15.9 Å². The largest absolute Gasteiger partial charge is 0.497 e. The minimum atomic E-state index is 0.100. The van der Waals surface area contributed by atoms with Crippen molar-refractivity contribution >= 4 is 49.9 Å². The van der Waals surface area contributed by atoms with Crippen LogP contribution in [0.15, 0.2) is 34.1 Å². The van der Waals surface area contributed by atoms with Crippen molar-refractivity contribution < 1.29 is 4.74 Å². The number of hydrogen-bond acceptors (Lipinski definition) is 4. The molecule has 1 aromatic carbocycles. The van der Waals surface area contributed by atoms with Crippen LogP contribution in [-0.4, -0.2) is 7.11 Å². The summed E-state index contributed by atoms with van der Waals surface area (Å²) in [4.78, 5) is 0. The third kappa shape index (κ3) is 3.91. The molecule has 0 fully saturated rings. The Morgan fingerprint density at radius 3 is 2.84 bits per heavy atom. The van der Waals surface area contributed by atoms with Gasteiger partial charge in [0.25, 0.3) is 0 Å². The van der Waals surface area contributed by atoms with Crippen LogP contribution < -0.4 is 16.0 Å². The molecule has 0 spiro atoms. The Balaban J connectivity index is 2.23. The lowest BCUT2D eigenvalue weighted by atomic mass is 10.0. The summed E-state index contributed by atoms with van der Waals surface area (Å²) in [5, 5.41) is 2.14. The van der Waals surface area contributed by atoms with Gasteiger partial charge in [-0.05, 0) is 69.8 Å². The van der Waals surface area contributed by atoms with Gasteiger partial charge >= 0.3 is 0 Å². The molecule has 0 aliphatic rings. The second kappa shape index (κ2) is 7.03. The first-order valence-electron chi connectivity index (χ1n) is 5.66. The molecule has 0 saturated heterocycles. The van der Waals surface area contributed by atoms with Crippen molar-refractivity contribution in [2.24, 2.45) is 5.84 Å². The molecule has 0 bridgehead atoms. The summed E-state index contributed by atoms with van der Waals surface area (Å²) in [6.07, 6.45) is 0.807. The second-order valence-corrected chi connectivity index (χ2v) is 7.72. The van der Waals surface area contributed by atoms with E-state index in [4.69, 9.17) is 10.6 Å².